The molecule has 2 unspecified atom stereocenters. The number of azide groups is 1. The maximum absolute atomic E-state index is 8.18. The molecule has 0 spiro atoms. The Hall–Kier alpha value is -0.770. The summed E-state index contributed by atoms with van der Waals surface area (Å²) in [6, 6.07) is -0.154. The van der Waals surface area contributed by atoms with Crippen molar-refractivity contribution in [3.05, 3.63) is 10.4 Å². The Morgan fingerprint density at radius 2 is 2.55 bits per heavy atom. The summed E-state index contributed by atoms with van der Waals surface area (Å²) in [5, 5.41) is 3.57. The van der Waals surface area contributed by atoms with Gasteiger partial charge in [-0.25, -0.2) is 0 Å². The summed E-state index contributed by atoms with van der Waals surface area (Å²) in [5.41, 5.74) is 8.18. The van der Waals surface area contributed by atoms with E-state index in [9.17, 15) is 0 Å². The van der Waals surface area contributed by atoms with Gasteiger partial charge in [-0.3, -0.25) is 0 Å². The molecule has 1 fully saturated rings. The van der Waals surface area contributed by atoms with Crippen LogP contribution in [0.15, 0.2) is 5.11 Å². The highest BCUT2D eigenvalue weighted by Crippen LogP contribution is 2.13. The largest absolute Gasteiger partial charge is 0.381 e. The monoisotopic (exact) mass is 157 g/mol. The van der Waals surface area contributed by atoms with Crippen LogP contribution in [0.3, 0.4) is 0 Å². The highest BCUT2D eigenvalue weighted by atomic mass is 16.5. The second-order valence-corrected chi connectivity index (χ2v) is 2.41. The van der Waals surface area contributed by atoms with Gasteiger partial charge in [0.05, 0.1) is 18.8 Å². The first-order chi connectivity index (χ1) is 5.38. The Morgan fingerprint density at radius 1 is 1.73 bits per heavy atom. The second-order valence-electron chi connectivity index (χ2n) is 2.41. The van der Waals surface area contributed by atoms with Gasteiger partial charge in [0.2, 0.25) is 0 Å². The van der Waals surface area contributed by atoms with E-state index in [0.29, 0.717) is 13.2 Å². The molecule has 0 bridgehead atoms. The summed E-state index contributed by atoms with van der Waals surface area (Å²) < 4.78 is 10.2. The van der Waals surface area contributed by atoms with Crippen LogP contribution in [0.4, 0.5) is 0 Å². The van der Waals surface area contributed by atoms with Crippen molar-refractivity contribution in [1.29, 1.82) is 0 Å². The number of rotatable bonds is 2. The summed E-state index contributed by atoms with van der Waals surface area (Å²) in [6.07, 6.45) is 0.833. The predicted octanol–water partition coefficient (Wildman–Crippen LogP) is 1.10. The Labute approximate surface area is 64.9 Å². The van der Waals surface area contributed by atoms with Gasteiger partial charge in [-0.1, -0.05) is 5.11 Å². The topological polar surface area (TPSA) is 67.2 Å². The van der Waals surface area contributed by atoms with Gasteiger partial charge in [0.15, 0.2) is 0 Å². The first-order valence-corrected chi connectivity index (χ1v) is 3.53. The normalized spacial score (nSPS) is 31.0. The van der Waals surface area contributed by atoms with Gasteiger partial charge >= 0.3 is 0 Å². The zero-order chi connectivity index (χ0) is 8.10. The number of hydrogen-bond donors (Lipinski definition) is 0. The van der Waals surface area contributed by atoms with Crippen molar-refractivity contribution in [2.75, 3.05) is 20.3 Å². The summed E-state index contributed by atoms with van der Waals surface area (Å²) in [6.45, 7) is 1.17. The zero-order valence-corrected chi connectivity index (χ0v) is 6.43. The lowest BCUT2D eigenvalue weighted by molar-refractivity contribution is -0.0256. The summed E-state index contributed by atoms with van der Waals surface area (Å²) in [4.78, 5) is 2.72. The van der Waals surface area contributed by atoms with Crippen LogP contribution in [0.1, 0.15) is 6.42 Å². The number of hydrogen-bond acceptors (Lipinski definition) is 3. The minimum atomic E-state index is -0.154. The molecule has 1 saturated heterocycles. The van der Waals surface area contributed by atoms with Crippen molar-refractivity contribution in [3.63, 3.8) is 0 Å². The molecule has 62 valence electrons. The summed E-state index contributed by atoms with van der Waals surface area (Å²) in [5.74, 6) is 0. The molecule has 11 heavy (non-hydrogen) atoms. The lowest BCUT2D eigenvalue weighted by atomic mass is 10.1. The quantitative estimate of drug-likeness (QED) is 0.342. The Bertz CT molecular complexity index is 167. The molecule has 0 amide bonds. The van der Waals surface area contributed by atoms with Gasteiger partial charge in [-0.2, -0.15) is 0 Å². The van der Waals surface area contributed by atoms with E-state index in [1.54, 1.807) is 7.11 Å². The maximum atomic E-state index is 8.18. The third kappa shape index (κ3) is 2.08. The van der Waals surface area contributed by atoms with E-state index in [0.717, 1.165) is 6.42 Å². The number of nitrogens with zero attached hydrogens (tertiary/aromatic N) is 3. The number of ether oxygens (including phenoxy) is 2. The third-order valence-electron chi connectivity index (χ3n) is 1.77. The molecule has 2 atom stereocenters. The van der Waals surface area contributed by atoms with Crippen LogP contribution in [0.25, 0.3) is 10.4 Å². The van der Waals surface area contributed by atoms with E-state index >= 15 is 0 Å². The number of methoxy groups -OCH3 is 1. The highest BCUT2D eigenvalue weighted by molar-refractivity contribution is 4.80. The molecule has 1 aliphatic rings. The SMILES string of the molecule is COC1CCOCC1N=[N+]=[N-]. The van der Waals surface area contributed by atoms with Crippen LogP contribution < -0.4 is 0 Å². The molecule has 1 rings (SSSR count). The maximum Gasteiger partial charge on any atom is 0.0870 e. The first-order valence-electron chi connectivity index (χ1n) is 3.53. The van der Waals surface area contributed by atoms with E-state index in [4.69, 9.17) is 15.0 Å². The third-order valence-corrected chi connectivity index (χ3v) is 1.77. The van der Waals surface area contributed by atoms with Crippen LogP contribution >= 0.6 is 0 Å². The van der Waals surface area contributed by atoms with Gasteiger partial charge in [0.25, 0.3) is 0 Å². The van der Waals surface area contributed by atoms with E-state index in [2.05, 4.69) is 10.0 Å². The molecule has 0 aromatic rings. The van der Waals surface area contributed by atoms with E-state index in [-0.39, 0.29) is 12.1 Å². The van der Waals surface area contributed by atoms with Crippen molar-refractivity contribution < 1.29 is 9.47 Å². The molecule has 0 aromatic carbocycles. The van der Waals surface area contributed by atoms with Crippen molar-refractivity contribution in [2.45, 2.75) is 18.6 Å². The molecular formula is C6H11N3O2. The van der Waals surface area contributed by atoms with Crippen LogP contribution in [-0.2, 0) is 9.47 Å². The molecule has 0 radical (unpaired) electrons. The van der Waals surface area contributed by atoms with Crippen LogP contribution in [-0.4, -0.2) is 32.5 Å². The molecule has 5 nitrogen and oxygen atoms in total. The van der Waals surface area contributed by atoms with Crippen molar-refractivity contribution in [1.82, 2.24) is 0 Å². The van der Waals surface area contributed by atoms with Gasteiger partial charge in [0, 0.05) is 18.6 Å². The van der Waals surface area contributed by atoms with Crippen LogP contribution in [0.5, 0.6) is 0 Å². The molecule has 0 saturated carbocycles. The first kappa shape index (κ1) is 8.33. The standard InChI is InChI=1S/C6H11N3O2/c1-10-6-2-3-11-4-5(6)8-9-7/h5-6H,2-4H2,1H3. The molecule has 0 N–H and O–H groups in total. The Balaban J connectivity index is 2.50. The van der Waals surface area contributed by atoms with Gasteiger partial charge in [-0.05, 0) is 12.0 Å². The zero-order valence-electron chi connectivity index (χ0n) is 6.43. The van der Waals surface area contributed by atoms with Gasteiger partial charge in [-0.15, -0.1) is 0 Å². The average Bonchev–Trinajstić information content (AvgIpc) is 2.06. The Morgan fingerprint density at radius 3 is 3.18 bits per heavy atom. The molecule has 0 aliphatic carbocycles. The lowest BCUT2D eigenvalue weighted by Gasteiger charge is -2.26. The predicted molar refractivity (Wildman–Crippen MR) is 39.2 cm³/mol. The van der Waals surface area contributed by atoms with Crippen LogP contribution in [0, 0.1) is 0 Å². The molecule has 1 heterocycles. The molecule has 1 aliphatic heterocycles. The van der Waals surface area contributed by atoms with Crippen LogP contribution in [0.2, 0.25) is 0 Å². The lowest BCUT2D eigenvalue weighted by Crippen LogP contribution is -2.36. The van der Waals surface area contributed by atoms with Crippen molar-refractivity contribution >= 4 is 0 Å². The smallest absolute Gasteiger partial charge is 0.0870 e. The molecular weight excluding hydrogens is 146 g/mol. The minimum absolute atomic E-state index is 0.0275. The highest BCUT2D eigenvalue weighted by Gasteiger charge is 2.23. The van der Waals surface area contributed by atoms with E-state index in [1.165, 1.54) is 0 Å². The van der Waals surface area contributed by atoms with E-state index < -0.39 is 0 Å². The summed E-state index contributed by atoms with van der Waals surface area (Å²) >= 11 is 0. The van der Waals surface area contributed by atoms with E-state index in [1.807, 2.05) is 0 Å². The van der Waals surface area contributed by atoms with Crippen molar-refractivity contribution in [3.8, 4) is 0 Å². The summed E-state index contributed by atoms with van der Waals surface area (Å²) in [7, 11) is 1.62. The fourth-order valence-corrected chi connectivity index (χ4v) is 1.15. The average molecular weight is 157 g/mol. The Kier molecular flexibility index (Phi) is 3.16. The van der Waals surface area contributed by atoms with Crippen molar-refractivity contribution in [2.24, 2.45) is 5.11 Å². The molecule has 0 aromatic heterocycles. The second kappa shape index (κ2) is 4.18. The van der Waals surface area contributed by atoms with Gasteiger partial charge in [0.1, 0.15) is 0 Å². The fourth-order valence-electron chi connectivity index (χ4n) is 1.15. The van der Waals surface area contributed by atoms with Gasteiger partial charge < -0.3 is 9.47 Å². The molecule has 5 heteroatoms. The fraction of sp³-hybridized carbons (Fsp3) is 1.00. The minimum Gasteiger partial charge on any atom is -0.381 e.